The second-order valence-electron chi connectivity index (χ2n) is 7.77. The molecule has 0 unspecified atom stereocenters. The van der Waals surface area contributed by atoms with Crippen LogP contribution in [-0.4, -0.2) is 22.6 Å². The number of halogens is 2. The van der Waals surface area contributed by atoms with E-state index in [1.165, 1.54) is 18.6 Å². The zero-order chi connectivity index (χ0) is 22.6. The fourth-order valence-corrected chi connectivity index (χ4v) is 4.85. The van der Waals surface area contributed by atoms with E-state index in [1.807, 2.05) is 30.3 Å². The molecular formula is C25H21ClFN5S. The Balaban J connectivity index is 1.31. The second kappa shape index (κ2) is 9.75. The van der Waals surface area contributed by atoms with Gasteiger partial charge in [-0.1, -0.05) is 35.6 Å². The van der Waals surface area contributed by atoms with Crippen molar-refractivity contribution in [1.29, 1.82) is 0 Å². The van der Waals surface area contributed by atoms with Gasteiger partial charge in [-0.15, -0.1) is 11.3 Å². The van der Waals surface area contributed by atoms with Gasteiger partial charge in [-0.25, -0.2) is 14.4 Å². The minimum atomic E-state index is -0.256. The van der Waals surface area contributed by atoms with Gasteiger partial charge in [0.15, 0.2) is 5.82 Å². The predicted molar refractivity (Wildman–Crippen MR) is 134 cm³/mol. The first-order chi connectivity index (χ1) is 16.1. The highest BCUT2D eigenvalue weighted by Crippen LogP contribution is 2.32. The summed E-state index contributed by atoms with van der Waals surface area (Å²) in [5.74, 6) is 7.04. The molecule has 0 bridgehead atoms. The number of rotatable bonds is 5. The zero-order valence-electron chi connectivity index (χ0n) is 17.7. The number of fused-ring (bicyclic) bond motifs is 1. The third-order valence-corrected chi connectivity index (χ3v) is 6.70. The highest BCUT2D eigenvalue weighted by Gasteiger charge is 2.12. The molecule has 8 heteroatoms. The summed E-state index contributed by atoms with van der Waals surface area (Å²) in [6, 6.07) is 14.4. The SMILES string of the molecule is Fc1cccc(CNc2ccc(Nc3ncnc4cc(C#C[C@H]5CCCN5)sc34)cc2Cl)c1. The van der Waals surface area contributed by atoms with Crippen LogP contribution in [-0.2, 0) is 6.54 Å². The molecule has 1 fully saturated rings. The highest BCUT2D eigenvalue weighted by molar-refractivity contribution is 7.20. The number of nitrogens with zero attached hydrogens (tertiary/aromatic N) is 2. The summed E-state index contributed by atoms with van der Waals surface area (Å²) >= 11 is 8.06. The third kappa shape index (κ3) is 5.25. The van der Waals surface area contributed by atoms with Crippen molar-refractivity contribution >= 4 is 50.3 Å². The Morgan fingerprint density at radius 2 is 2.12 bits per heavy atom. The summed E-state index contributed by atoms with van der Waals surface area (Å²) in [5, 5.41) is 10.5. The zero-order valence-corrected chi connectivity index (χ0v) is 19.2. The minimum absolute atomic E-state index is 0.256. The summed E-state index contributed by atoms with van der Waals surface area (Å²) in [5.41, 5.74) is 3.29. The van der Waals surface area contributed by atoms with Gasteiger partial charge in [0.25, 0.3) is 0 Å². The average molecular weight is 478 g/mol. The Morgan fingerprint density at radius 1 is 1.18 bits per heavy atom. The van der Waals surface area contributed by atoms with Crippen LogP contribution in [0.1, 0.15) is 23.3 Å². The van der Waals surface area contributed by atoms with Crippen molar-refractivity contribution in [1.82, 2.24) is 15.3 Å². The van der Waals surface area contributed by atoms with E-state index in [9.17, 15) is 4.39 Å². The molecule has 0 amide bonds. The number of thiophene rings is 1. The second-order valence-corrected chi connectivity index (χ2v) is 9.23. The molecule has 2 aromatic carbocycles. The lowest BCUT2D eigenvalue weighted by atomic mass is 10.2. The number of hydrogen-bond donors (Lipinski definition) is 3. The molecule has 5 nitrogen and oxygen atoms in total. The average Bonchev–Trinajstić information content (AvgIpc) is 3.47. The normalized spacial score (nSPS) is 15.3. The molecule has 33 heavy (non-hydrogen) atoms. The van der Waals surface area contributed by atoms with Crippen LogP contribution in [0.3, 0.4) is 0 Å². The monoisotopic (exact) mass is 477 g/mol. The maximum absolute atomic E-state index is 13.4. The molecule has 4 aromatic rings. The number of benzene rings is 2. The fourth-order valence-electron chi connectivity index (χ4n) is 3.69. The van der Waals surface area contributed by atoms with Gasteiger partial charge in [0, 0.05) is 12.2 Å². The molecule has 0 aliphatic carbocycles. The summed E-state index contributed by atoms with van der Waals surface area (Å²) in [6.07, 6.45) is 3.81. The lowest BCUT2D eigenvalue weighted by molar-refractivity contribution is 0.626. The number of nitrogens with one attached hydrogen (secondary N) is 3. The number of aromatic nitrogens is 2. The predicted octanol–water partition coefficient (Wildman–Crippen LogP) is 5.94. The molecular weight excluding hydrogens is 457 g/mol. The Labute approximate surface area is 200 Å². The Bertz CT molecular complexity index is 1350. The molecule has 1 saturated heterocycles. The van der Waals surface area contributed by atoms with Gasteiger partial charge in [-0.3, -0.25) is 0 Å². The van der Waals surface area contributed by atoms with Gasteiger partial charge in [0.1, 0.15) is 12.1 Å². The van der Waals surface area contributed by atoms with E-state index < -0.39 is 0 Å². The van der Waals surface area contributed by atoms with Crippen LogP contribution in [0.2, 0.25) is 5.02 Å². The molecule has 0 saturated carbocycles. The summed E-state index contributed by atoms with van der Waals surface area (Å²) in [6.45, 7) is 1.51. The van der Waals surface area contributed by atoms with E-state index in [2.05, 4.69) is 37.8 Å². The van der Waals surface area contributed by atoms with E-state index in [0.29, 0.717) is 17.4 Å². The van der Waals surface area contributed by atoms with E-state index in [-0.39, 0.29) is 11.9 Å². The number of hydrogen-bond acceptors (Lipinski definition) is 6. The van der Waals surface area contributed by atoms with Crippen molar-refractivity contribution in [2.24, 2.45) is 0 Å². The van der Waals surface area contributed by atoms with E-state index in [4.69, 9.17) is 11.6 Å². The molecule has 0 radical (unpaired) electrons. The lowest BCUT2D eigenvalue weighted by Crippen LogP contribution is -2.18. The molecule has 0 spiro atoms. The van der Waals surface area contributed by atoms with Crippen LogP contribution in [0.4, 0.5) is 21.6 Å². The molecule has 1 atom stereocenters. The molecule has 3 heterocycles. The lowest BCUT2D eigenvalue weighted by Gasteiger charge is -2.11. The van der Waals surface area contributed by atoms with Crippen LogP contribution < -0.4 is 16.0 Å². The van der Waals surface area contributed by atoms with E-state index in [0.717, 1.165) is 45.0 Å². The molecule has 1 aliphatic rings. The molecule has 3 N–H and O–H groups in total. The van der Waals surface area contributed by atoms with Gasteiger partial charge in [0.05, 0.1) is 31.8 Å². The maximum Gasteiger partial charge on any atom is 0.151 e. The molecule has 166 valence electrons. The summed E-state index contributed by atoms with van der Waals surface area (Å²) < 4.78 is 14.3. The Hall–Kier alpha value is -3.18. The van der Waals surface area contributed by atoms with E-state index >= 15 is 0 Å². The molecule has 2 aromatic heterocycles. The minimum Gasteiger partial charge on any atom is -0.380 e. The Kier molecular flexibility index (Phi) is 6.40. The van der Waals surface area contributed by atoms with Gasteiger partial charge >= 0.3 is 0 Å². The van der Waals surface area contributed by atoms with Crippen LogP contribution in [0.25, 0.3) is 10.2 Å². The smallest absolute Gasteiger partial charge is 0.151 e. The van der Waals surface area contributed by atoms with Crippen molar-refractivity contribution in [3.63, 3.8) is 0 Å². The highest BCUT2D eigenvalue weighted by atomic mass is 35.5. The first kappa shape index (κ1) is 21.7. The van der Waals surface area contributed by atoms with Crippen molar-refractivity contribution < 1.29 is 4.39 Å². The molecule has 1 aliphatic heterocycles. The summed E-state index contributed by atoms with van der Waals surface area (Å²) in [4.78, 5) is 9.78. The molecule has 5 rings (SSSR count). The standard InChI is InChI=1S/C25H21ClFN5S/c26-21-12-19(7-9-22(21)29-14-16-3-1-4-17(27)11-16)32-25-24-23(30-15-31-25)13-20(33-24)8-6-18-5-2-10-28-18/h1,3-4,7,9,11-13,15,18,28-29H,2,5,10,14H2,(H,30,31,32)/t18-/m1/s1. The van der Waals surface area contributed by atoms with Crippen molar-refractivity contribution in [3.05, 3.63) is 76.1 Å². The maximum atomic E-state index is 13.4. The van der Waals surface area contributed by atoms with Crippen LogP contribution in [0, 0.1) is 17.7 Å². The largest absolute Gasteiger partial charge is 0.380 e. The van der Waals surface area contributed by atoms with Gasteiger partial charge in [0.2, 0.25) is 0 Å². The van der Waals surface area contributed by atoms with Gasteiger partial charge < -0.3 is 16.0 Å². The number of anilines is 3. The Morgan fingerprint density at radius 3 is 2.94 bits per heavy atom. The van der Waals surface area contributed by atoms with Crippen LogP contribution in [0.5, 0.6) is 0 Å². The van der Waals surface area contributed by atoms with Crippen molar-refractivity contribution in [3.8, 4) is 11.8 Å². The summed E-state index contributed by atoms with van der Waals surface area (Å²) in [7, 11) is 0. The first-order valence-corrected chi connectivity index (χ1v) is 11.9. The first-order valence-electron chi connectivity index (χ1n) is 10.7. The quantitative estimate of drug-likeness (QED) is 0.310. The third-order valence-electron chi connectivity index (χ3n) is 5.34. The van der Waals surface area contributed by atoms with Crippen LogP contribution >= 0.6 is 22.9 Å². The van der Waals surface area contributed by atoms with Gasteiger partial charge in [-0.05, 0) is 61.3 Å². The van der Waals surface area contributed by atoms with Crippen molar-refractivity contribution in [2.75, 3.05) is 17.2 Å². The van der Waals surface area contributed by atoms with Crippen LogP contribution in [0.15, 0.2) is 54.9 Å². The van der Waals surface area contributed by atoms with Crippen molar-refractivity contribution in [2.45, 2.75) is 25.4 Å². The van der Waals surface area contributed by atoms with Gasteiger partial charge in [-0.2, -0.15) is 0 Å². The van der Waals surface area contributed by atoms with E-state index in [1.54, 1.807) is 23.7 Å². The fraction of sp³-hybridized carbons (Fsp3) is 0.200. The topological polar surface area (TPSA) is 61.9 Å².